The first-order valence-electron chi connectivity index (χ1n) is 24.0. The third-order valence-corrected chi connectivity index (χ3v) is 14.6. The Kier molecular flexibility index (Phi) is 9.11. The molecule has 0 saturated heterocycles. The fourth-order valence-electron chi connectivity index (χ4n) is 11.5. The van der Waals surface area contributed by atoms with Gasteiger partial charge in [-0.1, -0.05) is 218 Å². The number of nitrogens with zero attached hydrogens (tertiary/aromatic N) is 1. The quantitative estimate of drug-likeness (QED) is 0.152. The summed E-state index contributed by atoms with van der Waals surface area (Å²) in [5.74, 6) is 0. The minimum atomic E-state index is -0.662. The van der Waals surface area contributed by atoms with Gasteiger partial charge in [0, 0.05) is 49.6 Å². The van der Waals surface area contributed by atoms with Gasteiger partial charge in [0.05, 0.1) is 11.1 Å². The van der Waals surface area contributed by atoms with E-state index in [9.17, 15) is 0 Å². The maximum absolute atomic E-state index is 6.55. The molecule has 0 fully saturated rings. The van der Waals surface area contributed by atoms with E-state index in [-0.39, 0.29) is 0 Å². The van der Waals surface area contributed by atoms with Crippen LogP contribution >= 0.6 is 0 Å². The van der Waals surface area contributed by atoms with Crippen molar-refractivity contribution < 1.29 is 8.83 Å². The highest BCUT2D eigenvalue weighted by atomic mass is 16.3. The summed E-state index contributed by atoms with van der Waals surface area (Å²) in [6.07, 6.45) is 0. The number of benzene rings is 11. The molecule has 70 heavy (non-hydrogen) atoms. The molecule has 0 aliphatic heterocycles. The zero-order chi connectivity index (χ0) is 46.2. The first-order valence-corrected chi connectivity index (χ1v) is 24.0. The van der Waals surface area contributed by atoms with E-state index in [2.05, 4.69) is 241 Å². The lowest BCUT2D eigenvalue weighted by molar-refractivity contribution is 0.669. The van der Waals surface area contributed by atoms with Gasteiger partial charge in [0.15, 0.2) is 0 Å². The molecule has 0 saturated carbocycles. The molecule has 3 heteroatoms. The molecule has 0 spiro atoms. The van der Waals surface area contributed by atoms with Crippen LogP contribution in [0.4, 0.5) is 17.1 Å². The van der Waals surface area contributed by atoms with Crippen LogP contribution in [0.1, 0.15) is 22.3 Å². The molecule has 2 aromatic heterocycles. The van der Waals surface area contributed by atoms with Gasteiger partial charge in [-0.3, -0.25) is 0 Å². The van der Waals surface area contributed by atoms with Gasteiger partial charge in [0.1, 0.15) is 22.3 Å². The Bertz CT molecular complexity index is 3940. The predicted molar refractivity (Wildman–Crippen MR) is 289 cm³/mol. The molecule has 11 aromatic carbocycles. The summed E-state index contributed by atoms with van der Waals surface area (Å²) >= 11 is 0. The smallest absolute Gasteiger partial charge is 0.143 e. The predicted octanol–water partition coefficient (Wildman–Crippen LogP) is 18.3. The highest BCUT2D eigenvalue weighted by Crippen LogP contribution is 2.60. The molecule has 328 valence electrons. The Morgan fingerprint density at radius 2 is 0.714 bits per heavy atom. The molecule has 0 amide bonds. The summed E-state index contributed by atoms with van der Waals surface area (Å²) in [5.41, 5.74) is 20.2. The molecule has 1 aliphatic rings. The van der Waals surface area contributed by atoms with E-state index in [0.717, 1.165) is 83.2 Å². The molecule has 0 N–H and O–H groups in total. The highest BCUT2D eigenvalue weighted by Gasteiger charge is 2.48. The molecule has 0 radical (unpaired) electrons. The number of anilines is 3. The van der Waals surface area contributed by atoms with Gasteiger partial charge in [-0.15, -0.1) is 0 Å². The van der Waals surface area contributed by atoms with Crippen LogP contribution in [0.5, 0.6) is 0 Å². The summed E-state index contributed by atoms with van der Waals surface area (Å²) in [6.45, 7) is 0. The van der Waals surface area contributed by atoms with Crippen molar-refractivity contribution in [3.63, 3.8) is 0 Å². The van der Waals surface area contributed by atoms with E-state index < -0.39 is 5.41 Å². The first kappa shape index (κ1) is 39.9. The molecule has 14 rings (SSSR count). The zero-order valence-corrected chi connectivity index (χ0v) is 38.1. The van der Waals surface area contributed by atoms with Gasteiger partial charge in [-0.05, 0) is 92.5 Å². The Labute approximate surface area is 405 Å². The van der Waals surface area contributed by atoms with Crippen molar-refractivity contribution in [3.05, 3.63) is 283 Å². The largest absolute Gasteiger partial charge is 0.455 e. The van der Waals surface area contributed by atoms with Gasteiger partial charge in [-0.25, -0.2) is 0 Å². The highest BCUT2D eigenvalue weighted by molar-refractivity contribution is 6.11. The number of para-hydroxylation sites is 4. The second-order valence-corrected chi connectivity index (χ2v) is 18.3. The van der Waals surface area contributed by atoms with Crippen LogP contribution in [0.3, 0.4) is 0 Å². The minimum Gasteiger partial charge on any atom is -0.455 e. The summed E-state index contributed by atoms with van der Waals surface area (Å²) in [4.78, 5) is 2.46. The van der Waals surface area contributed by atoms with Crippen LogP contribution < -0.4 is 4.90 Å². The Hall–Kier alpha value is -9.18. The first-order chi connectivity index (χ1) is 34.7. The lowest BCUT2D eigenvalue weighted by atomic mass is 9.67. The second-order valence-electron chi connectivity index (χ2n) is 18.3. The number of hydrogen-bond donors (Lipinski definition) is 0. The van der Waals surface area contributed by atoms with Gasteiger partial charge in [0.25, 0.3) is 0 Å². The van der Waals surface area contributed by atoms with Crippen LogP contribution in [-0.2, 0) is 5.41 Å². The molecule has 1 atom stereocenters. The van der Waals surface area contributed by atoms with E-state index in [4.69, 9.17) is 8.83 Å². The van der Waals surface area contributed by atoms with E-state index in [1.807, 2.05) is 24.3 Å². The molecule has 2 heterocycles. The van der Waals surface area contributed by atoms with Crippen molar-refractivity contribution in [2.45, 2.75) is 5.41 Å². The van der Waals surface area contributed by atoms with Crippen molar-refractivity contribution >= 4 is 60.9 Å². The number of furan rings is 2. The number of rotatable bonds is 8. The summed E-state index contributed by atoms with van der Waals surface area (Å²) in [5, 5.41) is 4.48. The summed E-state index contributed by atoms with van der Waals surface area (Å²) in [6, 6.07) is 94.4. The lowest BCUT2D eigenvalue weighted by Crippen LogP contribution is -2.30. The third kappa shape index (κ3) is 6.08. The normalized spacial score (nSPS) is 14.1. The number of hydrogen-bond acceptors (Lipinski definition) is 3. The van der Waals surface area contributed by atoms with Crippen LogP contribution in [-0.4, -0.2) is 0 Å². The Morgan fingerprint density at radius 1 is 0.286 bits per heavy atom. The Morgan fingerprint density at radius 3 is 1.31 bits per heavy atom. The molecule has 3 nitrogen and oxygen atoms in total. The molecule has 0 bridgehead atoms. The lowest BCUT2D eigenvalue weighted by Gasteiger charge is -2.38. The SMILES string of the molecule is c1ccc(-c2ccc(C3(c4ccccc4)c4ccccc4-c4cccc(N(c5ccc(-c6cccc7c6oc6ccccc67)cc5)c5ccc(-c6cccc7c6oc6ccccc67)cc5)c43)cc2)cc1. The van der Waals surface area contributed by atoms with Crippen molar-refractivity contribution in [2.24, 2.45) is 0 Å². The molecule has 1 unspecified atom stereocenters. The molecule has 13 aromatic rings. The maximum Gasteiger partial charge on any atom is 0.143 e. The third-order valence-electron chi connectivity index (χ3n) is 14.6. The van der Waals surface area contributed by atoms with Crippen LogP contribution in [0.25, 0.3) is 88.4 Å². The van der Waals surface area contributed by atoms with Gasteiger partial charge < -0.3 is 13.7 Å². The van der Waals surface area contributed by atoms with E-state index in [0.29, 0.717) is 0 Å². The maximum atomic E-state index is 6.55. The van der Waals surface area contributed by atoms with E-state index in [1.54, 1.807) is 0 Å². The van der Waals surface area contributed by atoms with Crippen molar-refractivity contribution in [2.75, 3.05) is 4.90 Å². The van der Waals surface area contributed by atoms with Gasteiger partial charge >= 0.3 is 0 Å². The topological polar surface area (TPSA) is 29.5 Å². The van der Waals surface area contributed by atoms with Crippen molar-refractivity contribution in [1.29, 1.82) is 0 Å². The Balaban J connectivity index is 0.988. The summed E-state index contributed by atoms with van der Waals surface area (Å²) < 4.78 is 13.1. The summed E-state index contributed by atoms with van der Waals surface area (Å²) in [7, 11) is 0. The van der Waals surface area contributed by atoms with Gasteiger partial charge in [0.2, 0.25) is 0 Å². The minimum absolute atomic E-state index is 0.662. The van der Waals surface area contributed by atoms with Crippen molar-refractivity contribution in [3.8, 4) is 44.5 Å². The fourth-order valence-corrected chi connectivity index (χ4v) is 11.5. The molecular formula is C67H43NO2. The molecular weight excluding hydrogens is 851 g/mol. The number of fused-ring (bicyclic) bond motifs is 9. The van der Waals surface area contributed by atoms with Gasteiger partial charge in [-0.2, -0.15) is 0 Å². The monoisotopic (exact) mass is 893 g/mol. The average Bonchev–Trinajstić information content (AvgIpc) is 4.11. The average molecular weight is 894 g/mol. The second kappa shape index (κ2) is 16.0. The van der Waals surface area contributed by atoms with E-state index >= 15 is 0 Å². The van der Waals surface area contributed by atoms with Crippen LogP contribution in [0.2, 0.25) is 0 Å². The standard InChI is InChI=1S/C67H43NO2/c1-3-16-44(17-4-1)45-32-38-49(39-33-45)67(48-18-5-2-6-19-48)60-28-10-7-20-54(60)57-25-15-29-61(64(57)67)68(50-40-34-46(35-41-50)52-23-13-26-58-55-21-8-11-30-62(55)69-65(52)58)51-42-36-47(37-43-51)53-24-14-27-59-56-22-9-12-31-63(56)70-66(53)59/h1-43H. The zero-order valence-electron chi connectivity index (χ0n) is 38.1. The molecule has 1 aliphatic carbocycles. The van der Waals surface area contributed by atoms with Crippen molar-refractivity contribution in [1.82, 2.24) is 0 Å². The van der Waals surface area contributed by atoms with E-state index in [1.165, 1.54) is 44.5 Å². The van der Waals surface area contributed by atoms with Crippen LogP contribution in [0, 0.1) is 0 Å². The van der Waals surface area contributed by atoms with Crippen LogP contribution in [0.15, 0.2) is 270 Å². The fraction of sp³-hybridized carbons (Fsp3) is 0.0149.